The number of benzene rings is 2. The molecule has 2 N–H and O–H groups in total. The second kappa shape index (κ2) is 9.09. The maximum atomic E-state index is 13.3. The van der Waals surface area contributed by atoms with Gasteiger partial charge in [-0.15, -0.1) is 0 Å². The van der Waals surface area contributed by atoms with Crippen molar-refractivity contribution in [2.24, 2.45) is 0 Å². The topological polar surface area (TPSA) is 62.7 Å². The van der Waals surface area contributed by atoms with Crippen molar-refractivity contribution in [1.82, 2.24) is 15.0 Å². The van der Waals surface area contributed by atoms with Gasteiger partial charge in [-0.25, -0.2) is 18.7 Å². The molecule has 0 aliphatic carbocycles. The lowest BCUT2D eigenvalue weighted by Crippen LogP contribution is -2.15. The summed E-state index contributed by atoms with van der Waals surface area (Å²) in [7, 11) is 0. The van der Waals surface area contributed by atoms with E-state index in [4.69, 9.17) is 0 Å². The number of hydrogen-bond acceptors (Lipinski definition) is 5. The minimum Gasteiger partial charge on any atom is -0.383 e. The molecule has 2 aromatic carbocycles. The molecule has 0 amide bonds. The van der Waals surface area contributed by atoms with Crippen LogP contribution in [0.15, 0.2) is 79.3 Å². The Kier molecular flexibility index (Phi) is 5.89. The third kappa shape index (κ3) is 4.75. The summed E-state index contributed by atoms with van der Waals surface area (Å²) in [6.07, 6.45) is 5.13. The minimum absolute atomic E-state index is 0.267. The average Bonchev–Trinajstić information content (AvgIpc) is 2.79. The maximum absolute atomic E-state index is 13.3. The predicted molar refractivity (Wildman–Crippen MR) is 114 cm³/mol. The standard InChI is InChI=1S/C23H19F2N5/c24-18-3-1-16(2-4-18)21-15-29-23(30-22(21)17-9-11-26-12-10-17)28-14-13-27-20-7-5-19(25)6-8-20/h1-12,15,27H,13-14H2,(H,28,29,30). The summed E-state index contributed by atoms with van der Waals surface area (Å²) in [4.78, 5) is 13.1. The Morgan fingerprint density at radius 2 is 1.33 bits per heavy atom. The first kappa shape index (κ1) is 19.4. The van der Waals surface area contributed by atoms with Crippen LogP contribution in [0.2, 0.25) is 0 Å². The zero-order valence-electron chi connectivity index (χ0n) is 16.0. The lowest BCUT2D eigenvalue weighted by molar-refractivity contribution is 0.627. The fourth-order valence-corrected chi connectivity index (χ4v) is 2.99. The largest absolute Gasteiger partial charge is 0.383 e. The van der Waals surface area contributed by atoms with Gasteiger partial charge in [0, 0.05) is 48.5 Å². The molecular weight excluding hydrogens is 384 g/mol. The summed E-state index contributed by atoms with van der Waals surface area (Å²) in [6, 6.07) is 16.2. The zero-order chi connectivity index (χ0) is 20.8. The van der Waals surface area contributed by atoms with Crippen LogP contribution >= 0.6 is 0 Å². The molecule has 30 heavy (non-hydrogen) atoms. The number of halogens is 2. The molecule has 2 heterocycles. The van der Waals surface area contributed by atoms with Crippen molar-refractivity contribution >= 4 is 11.6 Å². The number of aromatic nitrogens is 3. The van der Waals surface area contributed by atoms with E-state index in [-0.39, 0.29) is 11.6 Å². The van der Waals surface area contributed by atoms with Gasteiger partial charge in [-0.1, -0.05) is 12.1 Å². The van der Waals surface area contributed by atoms with Crippen molar-refractivity contribution in [3.63, 3.8) is 0 Å². The van der Waals surface area contributed by atoms with E-state index in [9.17, 15) is 8.78 Å². The Labute approximate surface area is 172 Å². The van der Waals surface area contributed by atoms with Crippen molar-refractivity contribution in [3.05, 3.63) is 90.9 Å². The summed E-state index contributed by atoms with van der Waals surface area (Å²) in [5.74, 6) is -0.0809. The normalized spacial score (nSPS) is 10.6. The van der Waals surface area contributed by atoms with Gasteiger partial charge in [0.1, 0.15) is 11.6 Å². The molecule has 0 radical (unpaired) electrons. The number of anilines is 2. The fraction of sp³-hybridized carbons (Fsp3) is 0.0870. The van der Waals surface area contributed by atoms with Crippen LogP contribution in [-0.4, -0.2) is 28.0 Å². The molecule has 0 spiro atoms. The molecule has 2 aromatic heterocycles. The predicted octanol–water partition coefficient (Wildman–Crippen LogP) is 5.01. The van der Waals surface area contributed by atoms with Crippen LogP contribution in [-0.2, 0) is 0 Å². The van der Waals surface area contributed by atoms with E-state index in [1.54, 1.807) is 42.9 Å². The van der Waals surface area contributed by atoms with E-state index < -0.39 is 0 Å². The van der Waals surface area contributed by atoms with Gasteiger partial charge < -0.3 is 10.6 Å². The Bertz CT molecular complexity index is 1100. The monoisotopic (exact) mass is 403 g/mol. The van der Waals surface area contributed by atoms with Crippen LogP contribution in [0.4, 0.5) is 20.4 Å². The number of rotatable bonds is 7. The Balaban J connectivity index is 1.51. The molecule has 4 aromatic rings. The SMILES string of the molecule is Fc1ccc(NCCNc2ncc(-c3ccc(F)cc3)c(-c3ccncc3)n2)cc1. The maximum Gasteiger partial charge on any atom is 0.223 e. The van der Waals surface area contributed by atoms with Gasteiger partial charge >= 0.3 is 0 Å². The molecule has 0 saturated carbocycles. The van der Waals surface area contributed by atoms with E-state index in [1.807, 2.05) is 12.1 Å². The first-order valence-corrected chi connectivity index (χ1v) is 9.46. The van der Waals surface area contributed by atoms with Crippen molar-refractivity contribution in [1.29, 1.82) is 0 Å². The van der Waals surface area contributed by atoms with Gasteiger partial charge in [-0.05, 0) is 54.1 Å². The number of nitrogens with one attached hydrogen (secondary N) is 2. The Morgan fingerprint density at radius 1 is 0.700 bits per heavy atom. The van der Waals surface area contributed by atoms with Crippen LogP contribution in [0.5, 0.6) is 0 Å². The highest BCUT2D eigenvalue weighted by atomic mass is 19.1. The summed E-state index contributed by atoms with van der Waals surface area (Å²) in [5.41, 5.74) is 4.08. The second-order valence-corrected chi connectivity index (χ2v) is 6.56. The summed E-state index contributed by atoms with van der Waals surface area (Å²) in [6.45, 7) is 1.18. The molecule has 0 atom stereocenters. The van der Waals surface area contributed by atoms with Crippen LogP contribution in [0.25, 0.3) is 22.4 Å². The van der Waals surface area contributed by atoms with Crippen LogP contribution < -0.4 is 10.6 Å². The lowest BCUT2D eigenvalue weighted by Gasteiger charge is -2.12. The smallest absolute Gasteiger partial charge is 0.223 e. The lowest BCUT2D eigenvalue weighted by atomic mass is 10.0. The van der Waals surface area contributed by atoms with Crippen molar-refractivity contribution in [2.75, 3.05) is 23.7 Å². The molecule has 0 saturated heterocycles. The van der Waals surface area contributed by atoms with Gasteiger partial charge in [0.15, 0.2) is 0 Å². The summed E-state index contributed by atoms with van der Waals surface area (Å²) < 4.78 is 26.3. The minimum atomic E-state index is -0.294. The van der Waals surface area contributed by atoms with E-state index in [0.717, 1.165) is 28.1 Å². The van der Waals surface area contributed by atoms with Crippen molar-refractivity contribution in [3.8, 4) is 22.4 Å². The highest BCUT2D eigenvalue weighted by Crippen LogP contribution is 2.30. The van der Waals surface area contributed by atoms with Crippen LogP contribution in [0, 0.1) is 11.6 Å². The third-order valence-electron chi connectivity index (χ3n) is 4.48. The molecule has 150 valence electrons. The third-order valence-corrected chi connectivity index (χ3v) is 4.48. The van der Waals surface area contributed by atoms with E-state index in [2.05, 4.69) is 25.6 Å². The van der Waals surface area contributed by atoms with Crippen molar-refractivity contribution in [2.45, 2.75) is 0 Å². The number of hydrogen-bond donors (Lipinski definition) is 2. The Morgan fingerprint density at radius 3 is 2.03 bits per heavy atom. The van der Waals surface area contributed by atoms with Crippen molar-refractivity contribution < 1.29 is 8.78 Å². The van der Waals surface area contributed by atoms with Crippen LogP contribution in [0.3, 0.4) is 0 Å². The van der Waals surface area contributed by atoms with Gasteiger partial charge in [0.2, 0.25) is 5.95 Å². The molecule has 0 fully saturated rings. The Hall–Kier alpha value is -3.87. The summed E-state index contributed by atoms with van der Waals surface area (Å²) in [5, 5.41) is 6.39. The molecule has 5 nitrogen and oxygen atoms in total. The first-order chi connectivity index (χ1) is 14.7. The molecule has 4 rings (SSSR count). The molecule has 0 aliphatic rings. The second-order valence-electron chi connectivity index (χ2n) is 6.56. The molecular formula is C23H19F2N5. The van der Waals surface area contributed by atoms with Gasteiger partial charge in [0.25, 0.3) is 0 Å². The van der Waals surface area contributed by atoms with E-state index in [1.165, 1.54) is 24.3 Å². The van der Waals surface area contributed by atoms with E-state index in [0.29, 0.717) is 19.0 Å². The van der Waals surface area contributed by atoms with E-state index >= 15 is 0 Å². The molecule has 7 heteroatoms. The van der Waals surface area contributed by atoms with Crippen LogP contribution in [0.1, 0.15) is 0 Å². The molecule has 0 unspecified atom stereocenters. The zero-order valence-corrected chi connectivity index (χ0v) is 16.0. The highest BCUT2D eigenvalue weighted by Gasteiger charge is 2.12. The highest BCUT2D eigenvalue weighted by molar-refractivity contribution is 5.80. The fourth-order valence-electron chi connectivity index (χ4n) is 2.99. The first-order valence-electron chi connectivity index (χ1n) is 9.46. The van der Waals surface area contributed by atoms with Gasteiger partial charge in [-0.3, -0.25) is 4.98 Å². The quantitative estimate of drug-likeness (QED) is 0.425. The average molecular weight is 403 g/mol. The number of pyridine rings is 1. The number of nitrogens with zero attached hydrogens (tertiary/aromatic N) is 3. The molecule has 0 bridgehead atoms. The van der Waals surface area contributed by atoms with Gasteiger partial charge in [-0.2, -0.15) is 0 Å². The van der Waals surface area contributed by atoms with Gasteiger partial charge in [0.05, 0.1) is 5.69 Å². The molecule has 0 aliphatic heterocycles. The summed E-state index contributed by atoms with van der Waals surface area (Å²) >= 11 is 0.